The lowest BCUT2D eigenvalue weighted by Gasteiger charge is -2.10. The zero-order chi connectivity index (χ0) is 10.1. The summed E-state index contributed by atoms with van der Waals surface area (Å²) in [6.45, 7) is -1.18. The average Bonchev–Trinajstić information content (AvgIpc) is 2.31. The van der Waals surface area contributed by atoms with Crippen LogP contribution >= 0.6 is 23.2 Å². The van der Waals surface area contributed by atoms with Crippen LogP contribution < -0.4 is 0 Å². The third-order valence-electron chi connectivity index (χ3n) is 1.30. The van der Waals surface area contributed by atoms with Crippen LogP contribution in [-0.2, 0) is 6.54 Å². The Balaban J connectivity index is 2.83. The van der Waals surface area contributed by atoms with Crippen molar-refractivity contribution in [3.05, 3.63) is 18.0 Å². The molecule has 0 bridgehead atoms. The van der Waals surface area contributed by atoms with Crippen molar-refractivity contribution >= 4 is 23.2 Å². The molecule has 0 aliphatic heterocycles. The van der Waals surface area contributed by atoms with Crippen molar-refractivity contribution < 1.29 is 13.2 Å². The van der Waals surface area contributed by atoms with E-state index in [-0.39, 0.29) is 5.69 Å². The average molecular weight is 233 g/mol. The summed E-state index contributed by atoms with van der Waals surface area (Å²) in [5.41, 5.74) is 0.139. The number of aromatic nitrogens is 2. The van der Waals surface area contributed by atoms with E-state index in [4.69, 9.17) is 23.2 Å². The van der Waals surface area contributed by atoms with E-state index in [2.05, 4.69) is 5.10 Å². The second kappa shape index (κ2) is 3.75. The first-order chi connectivity index (χ1) is 5.90. The maximum absolute atomic E-state index is 11.9. The molecular formula is C6H5Cl2F3N2. The normalized spacial score (nSPS) is 12.5. The Kier molecular flexibility index (Phi) is 3.08. The molecule has 0 saturated heterocycles. The number of rotatable bonds is 2. The van der Waals surface area contributed by atoms with Gasteiger partial charge >= 0.3 is 6.18 Å². The van der Waals surface area contributed by atoms with Gasteiger partial charge in [-0.05, 0) is 6.07 Å². The van der Waals surface area contributed by atoms with Crippen LogP contribution in [-0.4, -0.2) is 16.0 Å². The fraction of sp³-hybridized carbons (Fsp3) is 0.500. The van der Waals surface area contributed by atoms with Gasteiger partial charge in [0.15, 0.2) is 0 Å². The Morgan fingerprint density at radius 3 is 2.54 bits per heavy atom. The SMILES string of the molecule is FC(F)(F)Cn1nccc1C(Cl)Cl. The molecule has 1 aromatic heterocycles. The minimum atomic E-state index is -4.32. The molecule has 13 heavy (non-hydrogen) atoms. The first-order valence-corrected chi connectivity index (χ1v) is 4.14. The van der Waals surface area contributed by atoms with Crippen molar-refractivity contribution in [1.29, 1.82) is 0 Å². The molecule has 0 fully saturated rings. The van der Waals surface area contributed by atoms with Gasteiger partial charge in [0.1, 0.15) is 11.4 Å². The van der Waals surface area contributed by atoms with E-state index in [1.54, 1.807) is 0 Å². The van der Waals surface area contributed by atoms with E-state index in [1.165, 1.54) is 12.3 Å². The van der Waals surface area contributed by atoms with Gasteiger partial charge < -0.3 is 0 Å². The van der Waals surface area contributed by atoms with Gasteiger partial charge in [-0.2, -0.15) is 18.3 Å². The monoisotopic (exact) mass is 232 g/mol. The van der Waals surface area contributed by atoms with Gasteiger partial charge in [-0.25, -0.2) is 0 Å². The first kappa shape index (κ1) is 10.7. The summed E-state index contributed by atoms with van der Waals surface area (Å²) < 4.78 is 36.5. The Hall–Kier alpha value is -0.420. The van der Waals surface area contributed by atoms with Crippen LogP contribution in [0.3, 0.4) is 0 Å². The van der Waals surface area contributed by atoms with Gasteiger partial charge in [0.2, 0.25) is 0 Å². The molecule has 1 heterocycles. The van der Waals surface area contributed by atoms with Crippen molar-refractivity contribution in [2.24, 2.45) is 0 Å². The lowest BCUT2D eigenvalue weighted by molar-refractivity contribution is -0.143. The van der Waals surface area contributed by atoms with E-state index < -0.39 is 17.6 Å². The lowest BCUT2D eigenvalue weighted by Crippen LogP contribution is -2.20. The standard InChI is InChI=1S/C6H5Cl2F3N2/c7-5(8)4-1-2-12-13(4)3-6(9,10)11/h1-2,5H,3H2. The third kappa shape index (κ3) is 3.08. The van der Waals surface area contributed by atoms with Crippen LogP contribution in [0.25, 0.3) is 0 Å². The van der Waals surface area contributed by atoms with E-state index in [0.29, 0.717) is 0 Å². The van der Waals surface area contributed by atoms with Crippen molar-refractivity contribution in [1.82, 2.24) is 9.78 Å². The topological polar surface area (TPSA) is 17.8 Å². The van der Waals surface area contributed by atoms with Crippen LogP contribution in [0.1, 0.15) is 10.5 Å². The highest BCUT2D eigenvalue weighted by Gasteiger charge is 2.29. The maximum atomic E-state index is 11.9. The number of hydrogen-bond donors (Lipinski definition) is 0. The maximum Gasteiger partial charge on any atom is 0.408 e. The minimum Gasteiger partial charge on any atom is -0.258 e. The van der Waals surface area contributed by atoms with Crippen LogP contribution in [0, 0.1) is 0 Å². The minimum absolute atomic E-state index is 0.139. The van der Waals surface area contributed by atoms with Gasteiger partial charge in [0, 0.05) is 6.20 Å². The molecule has 2 nitrogen and oxygen atoms in total. The van der Waals surface area contributed by atoms with Gasteiger partial charge in [-0.1, -0.05) is 23.2 Å². The Morgan fingerprint density at radius 1 is 1.46 bits per heavy atom. The van der Waals surface area contributed by atoms with Crippen LogP contribution in [0.5, 0.6) is 0 Å². The molecule has 74 valence electrons. The predicted octanol–water partition coefficient (Wildman–Crippen LogP) is 2.92. The molecule has 0 spiro atoms. The molecule has 0 radical (unpaired) electrons. The molecule has 0 aromatic carbocycles. The smallest absolute Gasteiger partial charge is 0.258 e. The number of hydrogen-bond acceptors (Lipinski definition) is 1. The summed E-state index contributed by atoms with van der Waals surface area (Å²) in [7, 11) is 0. The molecule has 0 N–H and O–H groups in total. The molecule has 0 aliphatic rings. The van der Waals surface area contributed by atoms with Crippen molar-refractivity contribution in [3.8, 4) is 0 Å². The van der Waals surface area contributed by atoms with Gasteiger partial charge in [0.05, 0.1) is 5.69 Å². The summed E-state index contributed by atoms with van der Waals surface area (Å²) in [6.07, 6.45) is -3.09. The van der Waals surface area contributed by atoms with Crippen molar-refractivity contribution in [3.63, 3.8) is 0 Å². The molecule has 1 aromatic rings. The molecule has 0 amide bonds. The quantitative estimate of drug-likeness (QED) is 0.718. The second-order valence-corrected chi connectivity index (χ2v) is 3.43. The van der Waals surface area contributed by atoms with Gasteiger partial charge in [-0.15, -0.1) is 0 Å². The molecule has 7 heteroatoms. The lowest BCUT2D eigenvalue weighted by atomic mass is 10.4. The zero-order valence-electron chi connectivity index (χ0n) is 6.22. The van der Waals surface area contributed by atoms with Crippen LogP contribution in [0.4, 0.5) is 13.2 Å². The largest absolute Gasteiger partial charge is 0.408 e. The third-order valence-corrected chi connectivity index (χ3v) is 1.75. The Labute approximate surface area is 82.2 Å². The summed E-state index contributed by atoms with van der Waals surface area (Å²) >= 11 is 10.8. The Morgan fingerprint density at radius 2 is 2.08 bits per heavy atom. The summed E-state index contributed by atoms with van der Waals surface area (Å²) in [4.78, 5) is -0.996. The van der Waals surface area contributed by atoms with E-state index in [9.17, 15) is 13.2 Å². The molecule has 0 atom stereocenters. The van der Waals surface area contributed by atoms with Crippen LogP contribution in [0.15, 0.2) is 12.3 Å². The highest BCUT2D eigenvalue weighted by Crippen LogP contribution is 2.26. The predicted molar refractivity (Wildman–Crippen MR) is 42.7 cm³/mol. The van der Waals surface area contributed by atoms with E-state index in [0.717, 1.165) is 4.68 Å². The molecule has 0 saturated carbocycles. The number of halogens is 5. The van der Waals surface area contributed by atoms with Crippen LogP contribution in [0.2, 0.25) is 0 Å². The zero-order valence-corrected chi connectivity index (χ0v) is 7.74. The second-order valence-electron chi connectivity index (χ2n) is 2.33. The molecule has 1 rings (SSSR count). The Bertz CT molecular complexity index is 282. The highest BCUT2D eigenvalue weighted by atomic mass is 35.5. The summed E-state index contributed by atoms with van der Waals surface area (Å²) in [5, 5.41) is 3.45. The van der Waals surface area contributed by atoms with E-state index in [1.807, 2.05) is 0 Å². The van der Waals surface area contributed by atoms with E-state index >= 15 is 0 Å². The number of alkyl halides is 5. The summed E-state index contributed by atoms with van der Waals surface area (Å²) in [5.74, 6) is 0. The number of nitrogens with zero attached hydrogens (tertiary/aromatic N) is 2. The van der Waals surface area contributed by atoms with Crippen molar-refractivity contribution in [2.45, 2.75) is 17.6 Å². The molecule has 0 aliphatic carbocycles. The molecule has 0 unspecified atom stereocenters. The van der Waals surface area contributed by atoms with Gasteiger partial charge in [-0.3, -0.25) is 4.68 Å². The van der Waals surface area contributed by atoms with Gasteiger partial charge in [0.25, 0.3) is 0 Å². The summed E-state index contributed by atoms with van der Waals surface area (Å²) in [6, 6.07) is 1.34. The molecular weight excluding hydrogens is 228 g/mol. The fourth-order valence-corrected chi connectivity index (χ4v) is 1.20. The first-order valence-electron chi connectivity index (χ1n) is 3.27. The van der Waals surface area contributed by atoms with Crippen molar-refractivity contribution in [2.75, 3.05) is 0 Å². The highest BCUT2D eigenvalue weighted by molar-refractivity contribution is 6.43. The fourth-order valence-electron chi connectivity index (χ4n) is 0.830.